The van der Waals surface area contributed by atoms with Gasteiger partial charge in [0.1, 0.15) is 5.03 Å². The predicted octanol–water partition coefficient (Wildman–Crippen LogP) is 3.65. The van der Waals surface area contributed by atoms with Crippen LogP contribution in [0.25, 0.3) is 5.52 Å². The molecule has 2 heterocycles. The summed E-state index contributed by atoms with van der Waals surface area (Å²) >= 11 is 4.69. The van der Waals surface area contributed by atoms with E-state index in [2.05, 4.69) is 26.0 Å². The summed E-state index contributed by atoms with van der Waals surface area (Å²) in [6.45, 7) is 1.91. The van der Waals surface area contributed by atoms with Crippen molar-refractivity contribution in [2.75, 3.05) is 0 Å². The molecule has 3 aromatic rings. The van der Waals surface area contributed by atoms with E-state index in [1.165, 1.54) is 11.8 Å². The van der Waals surface area contributed by atoms with Crippen LogP contribution in [0.1, 0.15) is 16.1 Å². The summed E-state index contributed by atoms with van der Waals surface area (Å²) in [5.74, 6) is -0.957. The highest BCUT2D eigenvalue weighted by atomic mass is 79.9. The molecule has 0 spiro atoms. The maximum Gasteiger partial charge on any atom is 0.336 e. The van der Waals surface area contributed by atoms with Crippen LogP contribution in [0.15, 0.2) is 51.1 Å². The first-order valence-corrected chi connectivity index (χ1v) is 7.67. The van der Waals surface area contributed by atoms with E-state index < -0.39 is 5.97 Å². The van der Waals surface area contributed by atoms with Crippen molar-refractivity contribution in [3.8, 4) is 0 Å². The number of hydrogen-bond acceptors (Lipinski definition) is 4. The van der Waals surface area contributed by atoms with Crippen molar-refractivity contribution in [1.82, 2.24) is 14.6 Å². The summed E-state index contributed by atoms with van der Waals surface area (Å²) in [6.07, 6.45) is 3.42. The Bertz CT molecular complexity index is 847. The number of hydrogen-bond donors (Lipinski definition) is 1. The normalized spacial score (nSPS) is 11.0. The first kappa shape index (κ1) is 14.1. The molecule has 0 bridgehead atoms. The minimum absolute atomic E-state index is 0.253. The third-order valence-corrected chi connectivity index (χ3v) is 4.42. The number of nitrogens with zero attached hydrogens (tertiary/aromatic N) is 3. The van der Waals surface area contributed by atoms with Crippen LogP contribution < -0.4 is 0 Å². The summed E-state index contributed by atoms with van der Waals surface area (Å²) in [7, 11) is 0. The molecule has 0 saturated heterocycles. The highest BCUT2D eigenvalue weighted by Crippen LogP contribution is 2.33. The van der Waals surface area contributed by atoms with Crippen LogP contribution in [0.4, 0.5) is 0 Å². The summed E-state index contributed by atoms with van der Waals surface area (Å²) in [4.78, 5) is 16.3. The molecule has 1 aromatic carbocycles. The Hall–Kier alpha value is -1.86. The molecular formula is C14H10BrN3O2S. The van der Waals surface area contributed by atoms with Crippen LogP contribution >= 0.6 is 27.7 Å². The fourth-order valence-electron chi connectivity index (χ4n) is 1.96. The van der Waals surface area contributed by atoms with Crippen LogP contribution in [-0.4, -0.2) is 25.7 Å². The second kappa shape index (κ2) is 5.50. The van der Waals surface area contributed by atoms with E-state index in [1.807, 2.05) is 13.0 Å². The molecule has 0 aliphatic carbocycles. The summed E-state index contributed by atoms with van der Waals surface area (Å²) in [5.41, 5.74) is 2.00. The number of fused-ring (bicyclic) bond motifs is 1. The Kier molecular flexibility index (Phi) is 3.69. The maximum absolute atomic E-state index is 11.3. The SMILES string of the molecule is Cc1cc2c(Sc3cc(Br)ccc3C(=O)O)nccn2n1. The lowest BCUT2D eigenvalue weighted by molar-refractivity contribution is 0.0693. The molecule has 0 aliphatic heterocycles. The number of halogens is 1. The number of benzene rings is 1. The second-order valence-corrected chi connectivity index (χ2v) is 6.34. The molecule has 106 valence electrons. The van der Waals surface area contributed by atoms with E-state index in [9.17, 15) is 9.90 Å². The van der Waals surface area contributed by atoms with Gasteiger partial charge in [-0.05, 0) is 31.2 Å². The standard InChI is InChI=1S/C14H10BrN3O2S/c1-8-6-11-13(16-4-5-18(11)17-8)21-12-7-9(15)2-3-10(12)14(19)20/h2-7H,1H3,(H,19,20). The smallest absolute Gasteiger partial charge is 0.336 e. The van der Waals surface area contributed by atoms with Crippen molar-refractivity contribution < 1.29 is 9.90 Å². The third kappa shape index (κ3) is 2.79. The highest BCUT2D eigenvalue weighted by Gasteiger charge is 2.14. The van der Waals surface area contributed by atoms with Crippen LogP contribution in [0, 0.1) is 6.92 Å². The van der Waals surface area contributed by atoms with Crippen LogP contribution in [-0.2, 0) is 0 Å². The zero-order valence-electron chi connectivity index (χ0n) is 10.9. The van der Waals surface area contributed by atoms with Crippen molar-refractivity contribution in [2.45, 2.75) is 16.8 Å². The van der Waals surface area contributed by atoms with Gasteiger partial charge >= 0.3 is 5.97 Å². The van der Waals surface area contributed by atoms with Gasteiger partial charge in [-0.3, -0.25) is 0 Å². The van der Waals surface area contributed by atoms with Gasteiger partial charge in [0, 0.05) is 21.8 Å². The van der Waals surface area contributed by atoms with E-state index in [0.29, 0.717) is 4.90 Å². The first-order chi connectivity index (χ1) is 10.0. The third-order valence-electron chi connectivity index (χ3n) is 2.86. The van der Waals surface area contributed by atoms with Gasteiger partial charge in [0.05, 0.1) is 16.8 Å². The molecule has 5 nitrogen and oxygen atoms in total. The Morgan fingerprint density at radius 3 is 2.95 bits per heavy atom. The molecular weight excluding hydrogens is 354 g/mol. The van der Waals surface area contributed by atoms with Crippen molar-refractivity contribution in [3.05, 3.63) is 52.4 Å². The minimum atomic E-state index is -0.957. The first-order valence-electron chi connectivity index (χ1n) is 6.06. The highest BCUT2D eigenvalue weighted by molar-refractivity contribution is 9.10. The van der Waals surface area contributed by atoms with Crippen molar-refractivity contribution in [2.24, 2.45) is 0 Å². The summed E-state index contributed by atoms with van der Waals surface area (Å²) < 4.78 is 2.56. The maximum atomic E-state index is 11.3. The molecule has 0 unspecified atom stereocenters. The van der Waals surface area contributed by atoms with Gasteiger partial charge in [-0.2, -0.15) is 5.10 Å². The zero-order chi connectivity index (χ0) is 15.0. The second-order valence-electron chi connectivity index (χ2n) is 4.40. The van der Waals surface area contributed by atoms with Gasteiger partial charge < -0.3 is 5.11 Å². The van der Waals surface area contributed by atoms with E-state index in [1.54, 1.807) is 35.1 Å². The number of carboxylic acids is 1. The number of aromatic nitrogens is 3. The molecule has 2 aromatic heterocycles. The largest absolute Gasteiger partial charge is 0.478 e. The Morgan fingerprint density at radius 2 is 2.19 bits per heavy atom. The van der Waals surface area contributed by atoms with E-state index in [4.69, 9.17) is 0 Å². The zero-order valence-corrected chi connectivity index (χ0v) is 13.3. The molecule has 0 radical (unpaired) electrons. The molecule has 3 rings (SSSR count). The monoisotopic (exact) mass is 363 g/mol. The predicted molar refractivity (Wildman–Crippen MR) is 82.9 cm³/mol. The average Bonchev–Trinajstić information content (AvgIpc) is 2.80. The lowest BCUT2D eigenvalue weighted by Crippen LogP contribution is -1.99. The number of aryl methyl sites for hydroxylation is 1. The molecule has 21 heavy (non-hydrogen) atoms. The van der Waals surface area contributed by atoms with Gasteiger partial charge in [0.2, 0.25) is 0 Å². The van der Waals surface area contributed by atoms with Gasteiger partial charge in [0.25, 0.3) is 0 Å². The number of rotatable bonds is 3. The van der Waals surface area contributed by atoms with E-state index >= 15 is 0 Å². The minimum Gasteiger partial charge on any atom is -0.478 e. The fourth-order valence-corrected chi connectivity index (χ4v) is 3.50. The Balaban J connectivity index is 2.10. The molecule has 0 atom stereocenters. The Labute approximate surface area is 133 Å². The number of carbonyl (C=O) groups is 1. The van der Waals surface area contributed by atoms with E-state index in [0.717, 1.165) is 20.7 Å². The molecule has 0 saturated carbocycles. The number of aromatic carboxylic acids is 1. The molecule has 1 N–H and O–H groups in total. The Morgan fingerprint density at radius 1 is 1.38 bits per heavy atom. The van der Waals surface area contributed by atoms with Gasteiger partial charge in [-0.1, -0.05) is 27.7 Å². The summed E-state index contributed by atoms with van der Waals surface area (Å²) in [6, 6.07) is 7.00. The van der Waals surface area contributed by atoms with Crippen LogP contribution in [0.5, 0.6) is 0 Å². The fraction of sp³-hybridized carbons (Fsp3) is 0.0714. The van der Waals surface area contributed by atoms with Crippen molar-refractivity contribution >= 4 is 39.2 Å². The van der Waals surface area contributed by atoms with E-state index in [-0.39, 0.29) is 5.56 Å². The summed E-state index contributed by atoms with van der Waals surface area (Å²) in [5, 5.41) is 14.3. The van der Waals surface area contributed by atoms with Crippen LogP contribution in [0.2, 0.25) is 0 Å². The lowest BCUT2D eigenvalue weighted by Gasteiger charge is -2.07. The molecule has 0 fully saturated rings. The van der Waals surface area contributed by atoms with Crippen LogP contribution in [0.3, 0.4) is 0 Å². The average molecular weight is 364 g/mol. The molecule has 0 aliphatic rings. The molecule has 7 heteroatoms. The van der Waals surface area contributed by atoms with Crippen molar-refractivity contribution in [1.29, 1.82) is 0 Å². The lowest BCUT2D eigenvalue weighted by atomic mass is 10.2. The van der Waals surface area contributed by atoms with Crippen molar-refractivity contribution in [3.63, 3.8) is 0 Å². The number of carboxylic acid groups (broad SMARTS) is 1. The topological polar surface area (TPSA) is 67.5 Å². The van der Waals surface area contributed by atoms with Gasteiger partial charge in [-0.15, -0.1) is 0 Å². The quantitative estimate of drug-likeness (QED) is 0.769. The molecule has 0 amide bonds. The van der Waals surface area contributed by atoms with Gasteiger partial charge in [-0.25, -0.2) is 14.3 Å². The van der Waals surface area contributed by atoms with Gasteiger partial charge in [0.15, 0.2) is 0 Å².